The predicted molar refractivity (Wildman–Crippen MR) is 66.2 cm³/mol. The Labute approximate surface area is 108 Å². The first-order valence-electron chi connectivity index (χ1n) is 4.91. The zero-order valence-corrected chi connectivity index (χ0v) is 11.1. The summed E-state index contributed by atoms with van der Waals surface area (Å²) in [7, 11) is 0. The molecule has 0 aliphatic heterocycles. The van der Waals surface area contributed by atoms with Crippen molar-refractivity contribution in [3.8, 4) is 0 Å². The molecule has 0 atom stereocenters. The molecule has 0 saturated heterocycles. The van der Waals surface area contributed by atoms with Gasteiger partial charge < -0.3 is 0 Å². The van der Waals surface area contributed by atoms with Gasteiger partial charge in [0.1, 0.15) is 0 Å². The van der Waals surface area contributed by atoms with Crippen molar-refractivity contribution < 1.29 is 4.79 Å². The van der Waals surface area contributed by atoms with Crippen LogP contribution in [0.4, 0.5) is 5.69 Å². The van der Waals surface area contributed by atoms with Crippen LogP contribution in [0.25, 0.3) is 0 Å². The van der Waals surface area contributed by atoms with Crippen molar-refractivity contribution in [2.24, 2.45) is 0 Å². The van der Waals surface area contributed by atoms with Crippen LogP contribution >= 0.6 is 0 Å². The summed E-state index contributed by atoms with van der Waals surface area (Å²) in [6, 6.07) is 17.0. The molecule has 0 aliphatic rings. The Morgan fingerprint density at radius 2 is 1.56 bits per heavy atom. The van der Waals surface area contributed by atoms with E-state index in [0.717, 1.165) is 5.69 Å². The summed E-state index contributed by atoms with van der Waals surface area (Å²) < 4.78 is 1.23. The molecule has 0 saturated carbocycles. The molecule has 0 spiro atoms. The Hall–Kier alpha value is -1.27. The van der Waals surface area contributed by atoms with Gasteiger partial charge in [-0.1, -0.05) is 0 Å². The zero-order valence-electron chi connectivity index (χ0n) is 8.55. The number of benzene rings is 2. The standard InChI is InChI=1S/C13H10NO.Sb/c15-13(11-7-3-1-4-8-11)14-12-9-5-2-6-10-12;/h1,3-10H,(H,14,15);. The summed E-state index contributed by atoms with van der Waals surface area (Å²) in [4.78, 5) is 11.8. The van der Waals surface area contributed by atoms with Crippen molar-refractivity contribution in [3.63, 3.8) is 0 Å². The summed E-state index contributed by atoms with van der Waals surface area (Å²) in [5.74, 6) is -0.0751. The van der Waals surface area contributed by atoms with Crippen LogP contribution in [-0.4, -0.2) is 28.9 Å². The second-order valence-corrected chi connectivity index (χ2v) is 4.84. The minimum atomic E-state index is -0.0751. The van der Waals surface area contributed by atoms with Crippen molar-refractivity contribution >= 4 is 38.1 Å². The number of nitrogens with one attached hydrogen (secondary N) is 1. The molecule has 1 N–H and O–H groups in total. The first kappa shape index (κ1) is 11.2. The van der Waals surface area contributed by atoms with E-state index in [1.54, 1.807) is 35.2 Å². The van der Waals surface area contributed by atoms with Gasteiger partial charge in [-0.25, -0.2) is 0 Å². The number of hydrogen-bond donors (Lipinski definition) is 1. The molecule has 0 unspecified atom stereocenters. The van der Waals surface area contributed by atoms with Gasteiger partial charge in [0.25, 0.3) is 0 Å². The van der Waals surface area contributed by atoms with Crippen molar-refractivity contribution in [3.05, 3.63) is 60.2 Å². The number of hydrogen-bond acceptors (Lipinski definition) is 1. The van der Waals surface area contributed by atoms with Gasteiger partial charge in [-0.2, -0.15) is 0 Å². The average Bonchev–Trinajstić information content (AvgIpc) is 2.33. The van der Waals surface area contributed by atoms with Crippen LogP contribution in [0, 0.1) is 0 Å². The second kappa shape index (κ2) is 5.18. The fraction of sp³-hybridized carbons (Fsp3) is 0. The van der Waals surface area contributed by atoms with Crippen LogP contribution < -0.4 is 8.83 Å². The molecule has 0 aliphatic carbocycles. The van der Waals surface area contributed by atoms with Gasteiger partial charge >= 0.3 is 108 Å². The molecule has 2 aromatic rings. The maximum absolute atomic E-state index is 11.8. The first-order valence-corrected chi connectivity index (χ1v) is 6.19. The molecule has 2 radical (unpaired) electrons. The van der Waals surface area contributed by atoms with Gasteiger partial charge in [0.2, 0.25) is 0 Å². The van der Waals surface area contributed by atoms with E-state index in [9.17, 15) is 4.79 Å². The topological polar surface area (TPSA) is 29.1 Å². The molecule has 1 amide bonds. The third kappa shape index (κ3) is 2.86. The van der Waals surface area contributed by atoms with Gasteiger partial charge in [-0.05, 0) is 0 Å². The normalized spacial score (nSPS) is 9.81. The van der Waals surface area contributed by atoms with E-state index >= 15 is 0 Å². The third-order valence-electron chi connectivity index (χ3n) is 2.16. The Balaban J connectivity index is 2.11. The van der Waals surface area contributed by atoms with E-state index in [2.05, 4.69) is 5.32 Å². The molecule has 78 valence electrons. The van der Waals surface area contributed by atoms with Crippen LogP contribution in [0.5, 0.6) is 0 Å². The van der Waals surface area contributed by atoms with Crippen molar-refractivity contribution in [2.75, 3.05) is 5.32 Å². The number of amides is 1. The second-order valence-electron chi connectivity index (χ2n) is 3.37. The quantitative estimate of drug-likeness (QED) is 0.840. The number of anilines is 1. The molecule has 16 heavy (non-hydrogen) atoms. The van der Waals surface area contributed by atoms with Crippen molar-refractivity contribution in [2.45, 2.75) is 0 Å². The third-order valence-corrected chi connectivity index (χ3v) is 3.01. The average molecular weight is 318 g/mol. The van der Waals surface area contributed by atoms with E-state index in [-0.39, 0.29) is 5.91 Å². The summed E-state index contributed by atoms with van der Waals surface area (Å²) in [6.45, 7) is 0. The van der Waals surface area contributed by atoms with Gasteiger partial charge in [0.05, 0.1) is 0 Å². The van der Waals surface area contributed by atoms with Crippen LogP contribution in [0.15, 0.2) is 54.6 Å². The SMILES string of the molecule is O=C(Nc1cc[c]([Sb])cc1)c1ccccc1. The van der Waals surface area contributed by atoms with Crippen LogP contribution in [0.3, 0.4) is 0 Å². The maximum atomic E-state index is 11.8. The fourth-order valence-electron chi connectivity index (χ4n) is 1.34. The summed E-state index contributed by atoms with van der Waals surface area (Å²) in [5.41, 5.74) is 1.50. The van der Waals surface area contributed by atoms with E-state index in [0.29, 0.717) is 5.56 Å². The Morgan fingerprint density at radius 3 is 2.19 bits per heavy atom. The molecule has 0 aromatic heterocycles. The number of carbonyl (C=O) groups is 1. The predicted octanol–water partition coefficient (Wildman–Crippen LogP) is 1.73. The molecular weight excluding hydrogens is 308 g/mol. The molecule has 3 heteroatoms. The molecule has 0 fully saturated rings. The molecule has 2 aromatic carbocycles. The number of carbonyl (C=O) groups excluding carboxylic acids is 1. The monoisotopic (exact) mass is 317 g/mol. The Morgan fingerprint density at radius 1 is 0.938 bits per heavy atom. The number of rotatable bonds is 2. The van der Waals surface area contributed by atoms with E-state index in [1.807, 2.05) is 42.5 Å². The van der Waals surface area contributed by atoms with Gasteiger partial charge in [0, 0.05) is 0 Å². The Bertz CT molecular complexity index is 479. The molecular formula is C13H10NOSb. The molecule has 2 nitrogen and oxygen atoms in total. The molecule has 0 bridgehead atoms. The van der Waals surface area contributed by atoms with Crippen LogP contribution in [-0.2, 0) is 0 Å². The van der Waals surface area contributed by atoms with Crippen molar-refractivity contribution in [1.29, 1.82) is 0 Å². The Kier molecular flexibility index (Phi) is 3.63. The van der Waals surface area contributed by atoms with Gasteiger partial charge in [0.15, 0.2) is 0 Å². The molecule has 2 rings (SSSR count). The summed E-state index contributed by atoms with van der Waals surface area (Å²) in [6.07, 6.45) is 0. The summed E-state index contributed by atoms with van der Waals surface area (Å²) >= 11 is 1.66. The van der Waals surface area contributed by atoms with E-state index < -0.39 is 0 Å². The van der Waals surface area contributed by atoms with Gasteiger partial charge in [-0.3, -0.25) is 0 Å². The van der Waals surface area contributed by atoms with E-state index in [4.69, 9.17) is 0 Å². The molecule has 0 heterocycles. The fourth-order valence-corrected chi connectivity index (χ4v) is 1.76. The zero-order chi connectivity index (χ0) is 11.4. The van der Waals surface area contributed by atoms with Gasteiger partial charge in [-0.15, -0.1) is 0 Å². The van der Waals surface area contributed by atoms with Crippen LogP contribution in [0.1, 0.15) is 10.4 Å². The van der Waals surface area contributed by atoms with Crippen molar-refractivity contribution in [1.82, 2.24) is 0 Å². The minimum absolute atomic E-state index is 0.0751. The van der Waals surface area contributed by atoms with E-state index in [1.165, 1.54) is 3.51 Å². The first-order chi connectivity index (χ1) is 7.75. The van der Waals surface area contributed by atoms with Crippen LogP contribution in [0.2, 0.25) is 0 Å². The summed E-state index contributed by atoms with van der Waals surface area (Å²) in [5, 5.41) is 2.85.